The van der Waals surface area contributed by atoms with Gasteiger partial charge in [0, 0.05) is 6.92 Å². The minimum absolute atomic E-state index is 0.0171. The topological polar surface area (TPSA) is 55.7 Å². The number of hydrogen-bond donors (Lipinski definition) is 1. The second kappa shape index (κ2) is 5.48. The zero-order valence-corrected chi connectivity index (χ0v) is 10.8. The first-order valence-corrected chi connectivity index (χ1v) is 6.94. The predicted octanol–water partition coefficient (Wildman–Crippen LogP) is 1.63. The molecular weight excluding hydrogens is 257 g/mol. The molecule has 18 heavy (non-hydrogen) atoms. The lowest BCUT2D eigenvalue weighted by molar-refractivity contribution is 0.179. The Morgan fingerprint density at radius 3 is 2.56 bits per heavy atom. The molecule has 0 aliphatic carbocycles. The lowest BCUT2D eigenvalue weighted by Gasteiger charge is -2.15. The molecule has 1 aliphatic heterocycles. The zero-order chi connectivity index (χ0) is 13.1. The molecule has 6 heteroatoms. The second-order valence-corrected chi connectivity index (χ2v) is 5.12. The third-order valence-electron chi connectivity index (χ3n) is 2.77. The van der Waals surface area contributed by atoms with Crippen LogP contribution in [0.15, 0.2) is 29.3 Å². The van der Waals surface area contributed by atoms with Crippen LogP contribution in [0, 0.1) is 0 Å². The van der Waals surface area contributed by atoms with Crippen molar-refractivity contribution in [3.05, 3.63) is 35.4 Å². The molecule has 0 aromatic heterocycles. The molecule has 0 fully saturated rings. The van der Waals surface area contributed by atoms with E-state index < -0.39 is 29.5 Å². The molecule has 0 radical (unpaired) electrons. The summed E-state index contributed by atoms with van der Waals surface area (Å²) in [6, 6.07) is 6.44. The summed E-state index contributed by atoms with van der Waals surface area (Å²) < 4.78 is 39.4. The molecule has 1 heterocycles. The van der Waals surface area contributed by atoms with Gasteiger partial charge in [0.25, 0.3) is 0 Å². The average Bonchev–Trinajstić information content (AvgIpc) is 2.71. The molecule has 0 bridgehead atoms. The van der Waals surface area contributed by atoms with Gasteiger partial charge in [-0.3, -0.25) is 0 Å². The summed E-state index contributed by atoms with van der Waals surface area (Å²) in [7, 11) is -2.43. The fraction of sp³-hybridized carbons (Fsp3) is 0.417. The third kappa shape index (κ3) is 2.87. The molecular formula is C12H14FNO3S. The number of ether oxygens (including phenoxy) is 1. The summed E-state index contributed by atoms with van der Waals surface area (Å²) in [5, 5.41) is 0. The van der Waals surface area contributed by atoms with Crippen molar-refractivity contribution in [2.24, 2.45) is 4.99 Å². The van der Waals surface area contributed by atoms with E-state index in [1.54, 1.807) is 31.2 Å². The SMILES string of the molecule is CC1=N[C@H](CF)[C@@H](c2ccc(C[SH](=O)=O)cc2)O1. The number of thiol groups is 1. The van der Waals surface area contributed by atoms with Crippen LogP contribution in [0.5, 0.6) is 0 Å². The quantitative estimate of drug-likeness (QED) is 0.847. The molecule has 1 aliphatic rings. The molecule has 1 aromatic rings. The maximum Gasteiger partial charge on any atom is 0.181 e. The van der Waals surface area contributed by atoms with E-state index in [4.69, 9.17) is 4.74 Å². The van der Waals surface area contributed by atoms with Crippen LogP contribution in [-0.4, -0.2) is 27.0 Å². The standard InChI is InChI=1S/C12H14FNO3S/c1-8-14-11(6-13)12(17-8)10-4-2-9(3-5-10)7-18(15)16/h2-5,11-12,18H,6-7H2,1H3/t11-,12-/m1/s1. The maximum absolute atomic E-state index is 12.8. The molecule has 0 N–H and O–H groups in total. The van der Waals surface area contributed by atoms with Gasteiger partial charge >= 0.3 is 0 Å². The largest absolute Gasteiger partial charge is 0.471 e. The Labute approximate surface area is 106 Å². The van der Waals surface area contributed by atoms with Gasteiger partial charge in [0.05, 0.1) is 5.75 Å². The van der Waals surface area contributed by atoms with Gasteiger partial charge in [0.2, 0.25) is 0 Å². The van der Waals surface area contributed by atoms with Crippen molar-refractivity contribution in [3.63, 3.8) is 0 Å². The summed E-state index contributed by atoms with van der Waals surface area (Å²) in [6.45, 7) is 1.12. The van der Waals surface area contributed by atoms with Crippen LogP contribution in [0.25, 0.3) is 0 Å². The summed E-state index contributed by atoms with van der Waals surface area (Å²) in [6.07, 6.45) is -0.412. The average molecular weight is 271 g/mol. The highest BCUT2D eigenvalue weighted by molar-refractivity contribution is 7.71. The van der Waals surface area contributed by atoms with Crippen LogP contribution < -0.4 is 0 Å². The first kappa shape index (κ1) is 13.0. The number of rotatable bonds is 4. The molecule has 0 amide bonds. The number of benzene rings is 1. The summed E-state index contributed by atoms with van der Waals surface area (Å²) >= 11 is 0. The van der Waals surface area contributed by atoms with Crippen LogP contribution in [0.2, 0.25) is 0 Å². The summed E-state index contributed by atoms with van der Waals surface area (Å²) in [4.78, 5) is 4.06. The molecule has 0 saturated carbocycles. The van der Waals surface area contributed by atoms with Crippen molar-refractivity contribution in [2.75, 3.05) is 6.67 Å². The first-order valence-electron chi connectivity index (χ1n) is 5.58. The highest BCUT2D eigenvalue weighted by Gasteiger charge is 2.30. The Morgan fingerprint density at radius 2 is 2.00 bits per heavy atom. The van der Waals surface area contributed by atoms with Crippen molar-refractivity contribution >= 4 is 16.6 Å². The van der Waals surface area contributed by atoms with Crippen molar-refractivity contribution in [1.29, 1.82) is 0 Å². The number of aliphatic imine (C=N–C) groups is 1. The highest BCUT2D eigenvalue weighted by Crippen LogP contribution is 2.29. The minimum atomic E-state index is -2.43. The third-order valence-corrected chi connectivity index (χ3v) is 3.40. The lowest BCUT2D eigenvalue weighted by Crippen LogP contribution is -2.15. The van der Waals surface area contributed by atoms with E-state index in [-0.39, 0.29) is 5.75 Å². The van der Waals surface area contributed by atoms with Crippen LogP contribution in [0.1, 0.15) is 24.2 Å². The molecule has 4 nitrogen and oxygen atoms in total. The van der Waals surface area contributed by atoms with Crippen molar-refractivity contribution in [2.45, 2.75) is 24.8 Å². The Hall–Kier alpha value is -1.43. The van der Waals surface area contributed by atoms with Gasteiger partial charge < -0.3 is 4.74 Å². The van der Waals surface area contributed by atoms with Gasteiger partial charge in [-0.15, -0.1) is 0 Å². The Bertz CT molecular complexity index is 517. The van der Waals surface area contributed by atoms with Gasteiger partial charge in [-0.1, -0.05) is 24.3 Å². The number of nitrogens with zero attached hydrogens (tertiary/aromatic N) is 1. The Morgan fingerprint density at radius 1 is 1.33 bits per heavy atom. The fourth-order valence-corrected chi connectivity index (χ4v) is 2.47. The summed E-state index contributed by atoms with van der Waals surface area (Å²) in [5.74, 6) is 0.498. The lowest BCUT2D eigenvalue weighted by atomic mass is 10.0. The molecule has 1 aromatic carbocycles. The van der Waals surface area contributed by atoms with E-state index in [1.165, 1.54) is 0 Å². The van der Waals surface area contributed by atoms with Gasteiger partial charge in [0.15, 0.2) is 12.0 Å². The number of hydrogen-bond acceptors (Lipinski definition) is 4. The van der Waals surface area contributed by atoms with Crippen LogP contribution in [0.3, 0.4) is 0 Å². The first-order chi connectivity index (χ1) is 8.60. The van der Waals surface area contributed by atoms with Gasteiger partial charge in [-0.25, -0.2) is 17.8 Å². The smallest absolute Gasteiger partial charge is 0.181 e. The normalized spacial score (nSPS) is 22.9. The monoisotopic (exact) mass is 271 g/mol. The van der Waals surface area contributed by atoms with E-state index in [0.29, 0.717) is 11.5 Å². The molecule has 0 saturated heterocycles. The second-order valence-electron chi connectivity index (χ2n) is 4.14. The zero-order valence-electron chi connectivity index (χ0n) is 9.88. The summed E-state index contributed by atoms with van der Waals surface area (Å²) in [5.41, 5.74) is 1.52. The van der Waals surface area contributed by atoms with Gasteiger partial charge in [-0.05, 0) is 11.1 Å². The predicted molar refractivity (Wildman–Crippen MR) is 67.2 cm³/mol. The van der Waals surface area contributed by atoms with Crippen molar-refractivity contribution in [1.82, 2.24) is 0 Å². The van der Waals surface area contributed by atoms with Crippen LogP contribution in [0.4, 0.5) is 4.39 Å². The number of halogens is 1. The van der Waals surface area contributed by atoms with Crippen LogP contribution >= 0.6 is 0 Å². The number of alkyl halides is 1. The van der Waals surface area contributed by atoms with E-state index >= 15 is 0 Å². The molecule has 98 valence electrons. The van der Waals surface area contributed by atoms with E-state index in [9.17, 15) is 12.8 Å². The molecule has 0 spiro atoms. The van der Waals surface area contributed by atoms with Crippen LogP contribution in [-0.2, 0) is 21.2 Å². The van der Waals surface area contributed by atoms with Gasteiger partial charge in [0.1, 0.15) is 23.4 Å². The minimum Gasteiger partial charge on any atom is -0.471 e. The fourth-order valence-electron chi connectivity index (χ4n) is 1.96. The van der Waals surface area contributed by atoms with Gasteiger partial charge in [-0.2, -0.15) is 0 Å². The van der Waals surface area contributed by atoms with E-state index in [0.717, 1.165) is 5.56 Å². The van der Waals surface area contributed by atoms with Crippen molar-refractivity contribution < 1.29 is 17.5 Å². The molecule has 2 rings (SSSR count). The molecule has 0 unspecified atom stereocenters. The maximum atomic E-state index is 12.8. The van der Waals surface area contributed by atoms with Crippen molar-refractivity contribution in [3.8, 4) is 0 Å². The van der Waals surface area contributed by atoms with E-state index in [2.05, 4.69) is 4.99 Å². The Balaban J connectivity index is 2.15. The highest BCUT2D eigenvalue weighted by atomic mass is 32.2. The van der Waals surface area contributed by atoms with E-state index in [1.807, 2.05) is 0 Å². The Kier molecular flexibility index (Phi) is 3.96. The molecule has 2 atom stereocenters.